The number of thioether (sulfide) groups is 1. The zero-order valence-corrected chi connectivity index (χ0v) is 18.0. The Labute approximate surface area is 172 Å². The van der Waals surface area contributed by atoms with Crippen LogP contribution in [0.15, 0.2) is 16.5 Å². The lowest BCUT2D eigenvalue weighted by Gasteiger charge is -2.26. The van der Waals surface area contributed by atoms with Gasteiger partial charge in [-0.3, -0.25) is 0 Å². The largest absolute Gasteiger partial charge is 0.444 e. The summed E-state index contributed by atoms with van der Waals surface area (Å²) in [6.07, 6.45) is 1.28. The van der Waals surface area contributed by atoms with E-state index in [1.54, 1.807) is 16.7 Å². The third-order valence-electron chi connectivity index (χ3n) is 4.17. The molecule has 2 N–H and O–H groups in total. The Bertz CT molecular complexity index is 835. The summed E-state index contributed by atoms with van der Waals surface area (Å²) in [4.78, 5) is 14.2. The van der Waals surface area contributed by atoms with Crippen LogP contribution < -0.4 is 5.73 Å². The van der Waals surface area contributed by atoms with E-state index in [4.69, 9.17) is 22.1 Å². The number of carbonyl (C=O) groups is 1. The zero-order valence-electron chi connectivity index (χ0n) is 15.6. The van der Waals surface area contributed by atoms with E-state index < -0.39 is 5.60 Å². The quantitative estimate of drug-likeness (QED) is 0.732. The Morgan fingerprint density at radius 1 is 1.33 bits per heavy atom. The highest BCUT2D eigenvalue weighted by atomic mass is 35.5. The van der Waals surface area contributed by atoms with Crippen molar-refractivity contribution in [3.63, 3.8) is 0 Å². The van der Waals surface area contributed by atoms with E-state index in [2.05, 4.69) is 16.3 Å². The van der Waals surface area contributed by atoms with Gasteiger partial charge in [0, 0.05) is 23.9 Å². The molecular weight excluding hydrogens is 404 g/mol. The van der Waals surface area contributed by atoms with Gasteiger partial charge in [-0.1, -0.05) is 40.8 Å². The Hall–Kier alpha value is -1.51. The minimum Gasteiger partial charge on any atom is -0.444 e. The second kappa shape index (κ2) is 8.24. The smallest absolute Gasteiger partial charge is 0.410 e. The average molecular weight is 427 g/mol. The highest BCUT2D eigenvalue weighted by molar-refractivity contribution is 8.00. The highest BCUT2D eigenvalue weighted by Gasteiger charge is 2.25. The number of hydrogen-bond acceptors (Lipinski definition) is 7. The van der Waals surface area contributed by atoms with Crippen LogP contribution in [0, 0.1) is 0 Å². The van der Waals surface area contributed by atoms with Crippen molar-refractivity contribution in [2.75, 3.05) is 18.8 Å². The van der Waals surface area contributed by atoms with E-state index >= 15 is 0 Å². The molecule has 2 heterocycles. The summed E-state index contributed by atoms with van der Waals surface area (Å²) in [5, 5.41) is 9.10. The molecule has 1 amide bonds. The van der Waals surface area contributed by atoms with Gasteiger partial charge in [-0.15, -0.1) is 10.2 Å². The highest BCUT2D eigenvalue weighted by Crippen LogP contribution is 2.34. The number of benzene rings is 1. The Balaban J connectivity index is 1.74. The number of nitrogens with zero attached hydrogens (tertiary/aromatic N) is 3. The van der Waals surface area contributed by atoms with Crippen molar-refractivity contribution in [2.24, 2.45) is 0 Å². The SMILES string of the molecule is CC(C)(C)OC(=O)N1CCc2ccc(Cl)c(CSc3nnc(N)s3)c2CC1. The molecule has 0 saturated heterocycles. The molecule has 0 fully saturated rings. The van der Waals surface area contributed by atoms with Crippen molar-refractivity contribution in [3.8, 4) is 0 Å². The summed E-state index contributed by atoms with van der Waals surface area (Å²) in [6, 6.07) is 4.00. The molecule has 1 aromatic carbocycles. The Morgan fingerprint density at radius 2 is 2.07 bits per heavy atom. The van der Waals surface area contributed by atoms with Crippen LogP contribution in [0.1, 0.15) is 37.5 Å². The summed E-state index contributed by atoms with van der Waals surface area (Å²) >= 11 is 9.44. The summed E-state index contributed by atoms with van der Waals surface area (Å²) in [5.41, 5.74) is 8.71. The van der Waals surface area contributed by atoms with Crippen molar-refractivity contribution < 1.29 is 9.53 Å². The maximum Gasteiger partial charge on any atom is 0.410 e. The molecule has 0 radical (unpaired) electrons. The zero-order chi connectivity index (χ0) is 19.6. The van der Waals surface area contributed by atoms with Crippen LogP contribution in [-0.4, -0.2) is 39.9 Å². The maximum atomic E-state index is 12.4. The van der Waals surface area contributed by atoms with Crippen LogP contribution in [0.25, 0.3) is 0 Å². The van der Waals surface area contributed by atoms with Crippen LogP contribution in [0.3, 0.4) is 0 Å². The minimum absolute atomic E-state index is 0.262. The van der Waals surface area contributed by atoms with E-state index in [-0.39, 0.29) is 6.09 Å². The summed E-state index contributed by atoms with van der Waals surface area (Å²) < 4.78 is 6.35. The molecule has 2 aromatic rings. The number of fused-ring (bicyclic) bond motifs is 1. The van der Waals surface area contributed by atoms with E-state index in [1.165, 1.54) is 22.5 Å². The predicted molar refractivity (Wildman–Crippen MR) is 111 cm³/mol. The monoisotopic (exact) mass is 426 g/mol. The molecule has 9 heteroatoms. The van der Waals surface area contributed by atoms with Gasteiger partial charge in [0.25, 0.3) is 0 Å². The number of carbonyl (C=O) groups excluding carboxylic acids is 1. The third-order valence-corrected chi connectivity index (χ3v) is 6.43. The number of halogens is 1. The van der Waals surface area contributed by atoms with Crippen molar-refractivity contribution in [2.45, 2.75) is 49.3 Å². The Kier molecular flexibility index (Phi) is 6.18. The maximum absolute atomic E-state index is 12.4. The van der Waals surface area contributed by atoms with Crippen LogP contribution in [0.4, 0.5) is 9.93 Å². The number of rotatable bonds is 3. The van der Waals surface area contributed by atoms with Crippen molar-refractivity contribution in [3.05, 3.63) is 33.8 Å². The van der Waals surface area contributed by atoms with Gasteiger partial charge in [0.2, 0.25) is 5.13 Å². The van der Waals surface area contributed by atoms with Gasteiger partial charge in [-0.2, -0.15) is 0 Å². The van der Waals surface area contributed by atoms with Gasteiger partial charge in [0.05, 0.1) is 0 Å². The van der Waals surface area contributed by atoms with E-state index in [9.17, 15) is 4.79 Å². The number of amides is 1. The number of hydrogen-bond donors (Lipinski definition) is 1. The fourth-order valence-corrected chi connectivity index (χ4v) is 4.98. The fourth-order valence-electron chi connectivity index (χ4n) is 2.95. The average Bonchev–Trinajstić information content (AvgIpc) is 2.86. The number of ether oxygens (including phenoxy) is 1. The van der Waals surface area contributed by atoms with E-state index in [0.717, 1.165) is 27.8 Å². The predicted octanol–water partition coefficient (Wildman–Crippen LogP) is 4.40. The van der Waals surface area contributed by atoms with Crippen LogP contribution in [0.2, 0.25) is 5.02 Å². The molecule has 0 atom stereocenters. The Morgan fingerprint density at radius 3 is 2.74 bits per heavy atom. The van der Waals surface area contributed by atoms with Gasteiger partial charge in [-0.05, 0) is 56.4 Å². The van der Waals surface area contributed by atoms with Crippen LogP contribution in [0.5, 0.6) is 0 Å². The molecule has 0 saturated carbocycles. The topological polar surface area (TPSA) is 81.3 Å². The van der Waals surface area contributed by atoms with Gasteiger partial charge < -0.3 is 15.4 Å². The van der Waals surface area contributed by atoms with Crippen LogP contribution >= 0.6 is 34.7 Å². The van der Waals surface area contributed by atoms with E-state index in [1.807, 2.05) is 26.8 Å². The van der Waals surface area contributed by atoms with Gasteiger partial charge in [0.1, 0.15) is 5.60 Å². The number of nitrogen functional groups attached to an aromatic ring is 1. The first-order valence-electron chi connectivity index (χ1n) is 8.72. The molecule has 27 heavy (non-hydrogen) atoms. The molecule has 6 nitrogen and oxygen atoms in total. The third kappa shape index (κ3) is 5.27. The van der Waals surface area contributed by atoms with Crippen LogP contribution in [-0.2, 0) is 23.3 Å². The van der Waals surface area contributed by atoms with Crippen molar-refractivity contribution in [1.82, 2.24) is 15.1 Å². The minimum atomic E-state index is -0.495. The molecular formula is C18H23ClN4O2S2. The number of nitrogens with two attached hydrogens (primary N) is 1. The van der Waals surface area contributed by atoms with Crippen molar-refractivity contribution >= 4 is 45.9 Å². The summed E-state index contributed by atoms with van der Waals surface area (Å²) in [6.45, 7) is 6.90. The first kappa shape index (κ1) is 20.2. The molecule has 3 rings (SSSR count). The number of aromatic nitrogens is 2. The second-order valence-corrected chi connectivity index (χ2v) is 9.96. The molecule has 0 aliphatic carbocycles. The van der Waals surface area contributed by atoms with E-state index in [0.29, 0.717) is 24.0 Å². The fraction of sp³-hybridized carbons (Fsp3) is 0.500. The summed E-state index contributed by atoms with van der Waals surface area (Å²) in [5.74, 6) is 0.697. The lowest BCUT2D eigenvalue weighted by atomic mass is 9.98. The normalized spacial score (nSPS) is 14.6. The molecule has 1 aliphatic heterocycles. The first-order chi connectivity index (χ1) is 12.7. The first-order valence-corrected chi connectivity index (χ1v) is 10.9. The molecule has 146 valence electrons. The number of anilines is 1. The standard InChI is InChI=1S/C18H23ClN4O2S2/c1-18(2,3)25-17(24)23-8-6-11-4-5-14(19)13(12(11)7-9-23)10-26-16-22-21-15(20)27-16/h4-5H,6-10H2,1-3H3,(H2,20,21). The molecule has 0 spiro atoms. The second-order valence-electron chi connectivity index (χ2n) is 7.33. The lowest BCUT2D eigenvalue weighted by Crippen LogP contribution is -2.38. The lowest BCUT2D eigenvalue weighted by molar-refractivity contribution is 0.0258. The molecule has 1 aliphatic rings. The van der Waals surface area contributed by atoms with Gasteiger partial charge >= 0.3 is 6.09 Å². The van der Waals surface area contributed by atoms with Gasteiger partial charge in [-0.25, -0.2) is 4.79 Å². The molecule has 1 aromatic heterocycles. The molecule has 0 unspecified atom stereocenters. The van der Waals surface area contributed by atoms with Crippen molar-refractivity contribution in [1.29, 1.82) is 0 Å². The summed E-state index contributed by atoms with van der Waals surface area (Å²) in [7, 11) is 0. The molecule has 0 bridgehead atoms. The van der Waals surface area contributed by atoms with Gasteiger partial charge in [0.15, 0.2) is 4.34 Å².